The Labute approximate surface area is 99.8 Å². The van der Waals surface area contributed by atoms with Gasteiger partial charge in [-0.25, -0.2) is 0 Å². The number of rotatable bonds is 5. The first-order chi connectivity index (χ1) is 8.04. The molecule has 0 aliphatic carbocycles. The molecular weight excluding hydrogens is 220 g/mol. The molecule has 5 heteroatoms. The van der Waals surface area contributed by atoms with Gasteiger partial charge in [0.05, 0.1) is 0 Å². The van der Waals surface area contributed by atoms with Crippen molar-refractivity contribution in [2.75, 3.05) is 7.05 Å². The normalized spacial score (nSPS) is 11.9. The van der Waals surface area contributed by atoms with Gasteiger partial charge in [0.1, 0.15) is 6.04 Å². The number of carboxylic acids is 1. The molecule has 0 bridgehead atoms. The summed E-state index contributed by atoms with van der Waals surface area (Å²) in [6.07, 6.45) is 0. The average Bonchev–Trinajstić information content (AvgIpc) is 2.35. The maximum Gasteiger partial charge on any atom is 0.320 e. The van der Waals surface area contributed by atoms with E-state index in [9.17, 15) is 9.59 Å². The lowest BCUT2D eigenvalue weighted by atomic mass is 10.1. The summed E-state index contributed by atoms with van der Waals surface area (Å²) in [5.41, 5.74) is 1.52. The molecule has 0 aliphatic rings. The molecule has 0 saturated heterocycles. The Morgan fingerprint density at radius 1 is 1.29 bits per heavy atom. The Kier molecular flexibility index (Phi) is 4.66. The van der Waals surface area contributed by atoms with Crippen LogP contribution in [0.1, 0.15) is 22.8 Å². The van der Waals surface area contributed by atoms with Gasteiger partial charge in [-0.1, -0.05) is 12.1 Å². The number of carbonyl (C=O) groups excluding carboxylic acids is 1. The molecule has 1 amide bonds. The smallest absolute Gasteiger partial charge is 0.320 e. The Bertz CT molecular complexity index is 401. The van der Waals surface area contributed by atoms with E-state index in [1.807, 2.05) is 0 Å². The Morgan fingerprint density at radius 3 is 2.35 bits per heavy atom. The van der Waals surface area contributed by atoms with Crippen molar-refractivity contribution in [3.63, 3.8) is 0 Å². The highest BCUT2D eigenvalue weighted by Gasteiger charge is 2.09. The van der Waals surface area contributed by atoms with E-state index in [2.05, 4.69) is 10.6 Å². The molecule has 0 saturated carbocycles. The zero-order valence-electron chi connectivity index (χ0n) is 9.86. The first kappa shape index (κ1) is 13.2. The average molecular weight is 236 g/mol. The lowest BCUT2D eigenvalue weighted by molar-refractivity contribution is -0.139. The molecule has 0 aliphatic heterocycles. The molecule has 0 radical (unpaired) electrons. The third-order valence-corrected chi connectivity index (χ3v) is 2.43. The second kappa shape index (κ2) is 6.00. The maximum atomic E-state index is 11.3. The van der Waals surface area contributed by atoms with Crippen LogP contribution in [0.4, 0.5) is 0 Å². The number of amides is 1. The van der Waals surface area contributed by atoms with E-state index < -0.39 is 12.0 Å². The van der Waals surface area contributed by atoms with Crippen LogP contribution in [0.15, 0.2) is 24.3 Å². The zero-order chi connectivity index (χ0) is 12.8. The highest BCUT2D eigenvalue weighted by Crippen LogP contribution is 2.04. The van der Waals surface area contributed by atoms with Crippen LogP contribution in [-0.4, -0.2) is 30.1 Å². The fourth-order valence-corrected chi connectivity index (χ4v) is 1.28. The lowest BCUT2D eigenvalue weighted by Crippen LogP contribution is -2.33. The van der Waals surface area contributed by atoms with Crippen LogP contribution < -0.4 is 10.6 Å². The monoisotopic (exact) mass is 236 g/mol. The molecule has 1 aromatic carbocycles. The van der Waals surface area contributed by atoms with E-state index in [0.29, 0.717) is 12.1 Å². The summed E-state index contributed by atoms with van der Waals surface area (Å²) in [5.74, 6) is -1.02. The molecule has 5 nitrogen and oxygen atoms in total. The van der Waals surface area contributed by atoms with Gasteiger partial charge in [0.15, 0.2) is 0 Å². The van der Waals surface area contributed by atoms with Gasteiger partial charge < -0.3 is 15.7 Å². The summed E-state index contributed by atoms with van der Waals surface area (Å²) in [6.45, 7) is 2.04. The Hall–Kier alpha value is -1.88. The predicted molar refractivity (Wildman–Crippen MR) is 63.8 cm³/mol. The largest absolute Gasteiger partial charge is 0.480 e. The molecule has 17 heavy (non-hydrogen) atoms. The molecule has 0 fully saturated rings. The highest BCUT2D eigenvalue weighted by atomic mass is 16.4. The van der Waals surface area contributed by atoms with Crippen LogP contribution in [0.2, 0.25) is 0 Å². The van der Waals surface area contributed by atoms with Gasteiger partial charge >= 0.3 is 5.97 Å². The van der Waals surface area contributed by atoms with Crippen LogP contribution in [0.25, 0.3) is 0 Å². The maximum absolute atomic E-state index is 11.3. The van der Waals surface area contributed by atoms with Crippen molar-refractivity contribution in [2.24, 2.45) is 0 Å². The standard InChI is InChI=1S/C12H16N2O3/c1-8(12(16)17)14-7-9-3-5-10(6-4-9)11(15)13-2/h3-6,8,14H,7H2,1-2H3,(H,13,15)(H,16,17). The number of benzene rings is 1. The predicted octanol–water partition coefficient (Wildman–Crippen LogP) is 0.609. The van der Waals surface area contributed by atoms with Crippen LogP contribution in [-0.2, 0) is 11.3 Å². The van der Waals surface area contributed by atoms with Crippen molar-refractivity contribution >= 4 is 11.9 Å². The summed E-state index contributed by atoms with van der Waals surface area (Å²) in [7, 11) is 1.58. The molecule has 1 rings (SSSR count). The Balaban J connectivity index is 2.57. The van der Waals surface area contributed by atoms with Crippen molar-refractivity contribution in [3.8, 4) is 0 Å². The van der Waals surface area contributed by atoms with E-state index in [4.69, 9.17) is 5.11 Å². The van der Waals surface area contributed by atoms with Crippen molar-refractivity contribution in [3.05, 3.63) is 35.4 Å². The fourth-order valence-electron chi connectivity index (χ4n) is 1.28. The quantitative estimate of drug-likeness (QED) is 0.700. The van der Waals surface area contributed by atoms with Crippen molar-refractivity contribution < 1.29 is 14.7 Å². The summed E-state index contributed by atoms with van der Waals surface area (Å²) in [5, 5.41) is 14.1. The van der Waals surface area contributed by atoms with Crippen molar-refractivity contribution in [1.82, 2.24) is 10.6 Å². The number of carbonyl (C=O) groups is 2. The number of hydrogen-bond donors (Lipinski definition) is 3. The highest BCUT2D eigenvalue weighted by molar-refractivity contribution is 5.93. The summed E-state index contributed by atoms with van der Waals surface area (Å²) in [4.78, 5) is 21.9. The number of carboxylic acid groups (broad SMARTS) is 1. The van der Waals surface area contributed by atoms with Gasteiger partial charge in [-0.05, 0) is 24.6 Å². The molecule has 1 aromatic rings. The fraction of sp³-hybridized carbons (Fsp3) is 0.333. The van der Waals surface area contributed by atoms with Crippen LogP contribution in [0.5, 0.6) is 0 Å². The summed E-state index contributed by atoms with van der Waals surface area (Å²) >= 11 is 0. The number of hydrogen-bond acceptors (Lipinski definition) is 3. The minimum absolute atomic E-state index is 0.136. The minimum atomic E-state index is -0.882. The molecule has 3 N–H and O–H groups in total. The molecule has 92 valence electrons. The van der Waals surface area contributed by atoms with E-state index in [-0.39, 0.29) is 5.91 Å². The van der Waals surface area contributed by atoms with Crippen molar-refractivity contribution in [1.29, 1.82) is 0 Å². The second-order valence-corrected chi connectivity index (χ2v) is 3.72. The first-order valence-corrected chi connectivity index (χ1v) is 5.32. The van der Waals surface area contributed by atoms with Crippen molar-refractivity contribution in [2.45, 2.75) is 19.5 Å². The third kappa shape index (κ3) is 3.88. The molecule has 0 spiro atoms. The third-order valence-electron chi connectivity index (χ3n) is 2.43. The van der Waals surface area contributed by atoms with Gasteiger partial charge in [0, 0.05) is 19.2 Å². The van der Waals surface area contributed by atoms with E-state index >= 15 is 0 Å². The van der Waals surface area contributed by atoms with Gasteiger partial charge in [-0.2, -0.15) is 0 Å². The van der Waals surface area contributed by atoms with Crippen LogP contribution >= 0.6 is 0 Å². The lowest BCUT2D eigenvalue weighted by Gasteiger charge is -2.09. The zero-order valence-corrected chi connectivity index (χ0v) is 9.86. The Morgan fingerprint density at radius 2 is 1.88 bits per heavy atom. The van der Waals surface area contributed by atoms with Gasteiger partial charge in [0.25, 0.3) is 5.91 Å². The molecular formula is C12H16N2O3. The summed E-state index contributed by atoms with van der Waals surface area (Å²) < 4.78 is 0. The number of aliphatic carboxylic acids is 1. The van der Waals surface area contributed by atoms with Gasteiger partial charge in [0.2, 0.25) is 0 Å². The molecule has 1 atom stereocenters. The SMILES string of the molecule is CNC(=O)c1ccc(CNC(C)C(=O)O)cc1. The van der Waals surface area contributed by atoms with Crippen LogP contribution in [0.3, 0.4) is 0 Å². The topological polar surface area (TPSA) is 78.4 Å². The van der Waals surface area contributed by atoms with E-state index in [1.165, 1.54) is 0 Å². The first-order valence-electron chi connectivity index (χ1n) is 5.32. The van der Waals surface area contributed by atoms with Crippen LogP contribution in [0, 0.1) is 0 Å². The molecule has 1 unspecified atom stereocenters. The molecule has 0 aromatic heterocycles. The van der Waals surface area contributed by atoms with E-state index in [0.717, 1.165) is 5.56 Å². The summed E-state index contributed by atoms with van der Waals surface area (Å²) in [6, 6.07) is 6.43. The number of nitrogens with one attached hydrogen (secondary N) is 2. The van der Waals surface area contributed by atoms with Gasteiger partial charge in [-0.15, -0.1) is 0 Å². The second-order valence-electron chi connectivity index (χ2n) is 3.72. The van der Waals surface area contributed by atoms with E-state index in [1.54, 1.807) is 38.2 Å². The van der Waals surface area contributed by atoms with Gasteiger partial charge in [-0.3, -0.25) is 9.59 Å². The molecule has 0 heterocycles. The minimum Gasteiger partial charge on any atom is -0.480 e.